The van der Waals surface area contributed by atoms with E-state index >= 15 is 0 Å². The number of nitrogens with one attached hydrogen (secondary N) is 1. The predicted octanol–water partition coefficient (Wildman–Crippen LogP) is 4.27. The SMILES string of the molecule is C=C(F)/C=C(/OCCOCCNC(=O)OC1(C)CCC1)C(=C)C(C)C. The Bertz CT molecular complexity index is 510. The number of carbonyl (C=O) groups excluding carboxylic acids is 1. The van der Waals surface area contributed by atoms with Gasteiger partial charge in [-0.3, -0.25) is 0 Å². The van der Waals surface area contributed by atoms with Crippen molar-refractivity contribution in [2.75, 3.05) is 26.4 Å². The van der Waals surface area contributed by atoms with Crippen LogP contribution in [0.2, 0.25) is 0 Å². The van der Waals surface area contributed by atoms with Gasteiger partial charge in [-0.15, -0.1) is 0 Å². The number of rotatable bonds is 11. The van der Waals surface area contributed by atoms with Crippen LogP contribution < -0.4 is 5.32 Å². The molecule has 1 saturated carbocycles. The molecule has 0 aliphatic heterocycles. The minimum Gasteiger partial charge on any atom is -0.491 e. The van der Waals surface area contributed by atoms with Gasteiger partial charge in [0.2, 0.25) is 0 Å². The number of amides is 1. The molecule has 1 aliphatic carbocycles. The van der Waals surface area contributed by atoms with Gasteiger partial charge in [0.05, 0.1) is 13.2 Å². The van der Waals surface area contributed by atoms with Gasteiger partial charge in [0.15, 0.2) is 0 Å². The summed E-state index contributed by atoms with van der Waals surface area (Å²) in [4.78, 5) is 11.6. The van der Waals surface area contributed by atoms with Gasteiger partial charge in [0, 0.05) is 12.6 Å². The summed E-state index contributed by atoms with van der Waals surface area (Å²) in [6, 6.07) is 0. The van der Waals surface area contributed by atoms with Gasteiger partial charge in [-0.1, -0.05) is 27.0 Å². The molecular formula is C19H30FNO4. The number of hydrogen-bond donors (Lipinski definition) is 1. The maximum Gasteiger partial charge on any atom is 0.407 e. The van der Waals surface area contributed by atoms with Crippen molar-refractivity contribution in [3.8, 4) is 0 Å². The zero-order chi connectivity index (χ0) is 18.9. The Morgan fingerprint density at radius 1 is 1.28 bits per heavy atom. The van der Waals surface area contributed by atoms with Crippen molar-refractivity contribution in [1.29, 1.82) is 0 Å². The lowest BCUT2D eigenvalue weighted by Crippen LogP contribution is -2.42. The van der Waals surface area contributed by atoms with Gasteiger partial charge >= 0.3 is 6.09 Å². The lowest BCUT2D eigenvalue weighted by atomic mass is 9.82. The lowest BCUT2D eigenvalue weighted by Gasteiger charge is -2.37. The molecule has 0 aromatic rings. The fourth-order valence-electron chi connectivity index (χ4n) is 2.23. The quantitative estimate of drug-likeness (QED) is 0.342. The number of carbonyl (C=O) groups is 1. The normalized spacial score (nSPS) is 16.1. The van der Waals surface area contributed by atoms with Gasteiger partial charge < -0.3 is 19.5 Å². The second-order valence-corrected chi connectivity index (χ2v) is 6.72. The Balaban J connectivity index is 2.14. The van der Waals surface area contributed by atoms with Crippen molar-refractivity contribution in [3.63, 3.8) is 0 Å². The Labute approximate surface area is 149 Å². The number of ether oxygens (including phenoxy) is 3. The van der Waals surface area contributed by atoms with Crippen LogP contribution in [-0.4, -0.2) is 38.1 Å². The first-order valence-corrected chi connectivity index (χ1v) is 8.66. The van der Waals surface area contributed by atoms with Gasteiger partial charge in [-0.2, -0.15) is 0 Å². The van der Waals surface area contributed by atoms with E-state index in [1.165, 1.54) is 6.08 Å². The fourth-order valence-corrected chi connectivity index (χ4v) is 2.23. The van der Waals surface area contributed by atoms with Crippen LogP contribution in [0.25, 0.3) is 0 Å². The molecule has 0 saturated heterocycles. The average molecular weight is 355 g/mol. The molecule has 142 valence electrons. The Hall–Kier alpha value is -1.82. The Kier molecular flexibility index (Phi) is 8.69. The molecule has 0 heterocycles. The molecule has 25 heavy (non-hydrogen) atoms. The molecule has 1 rings (SSSR count). The van der Waals surface area contributed by atoms with Crippen molar-refractivity contribution in [1.82, 2.24) is 5.32 Å². The van der Waals surface area contributed by atoms with Crippen LogP contribution in [0, 0.1) is 5.92 Å². The molecular weight excluding hydrogens is 325 g/mol. The zero-order valence-electron chi connectivity index (χ0n) is 15.5. The molecule has 5 nitrogen and oxygen atoms in total. The van der Waals surface area contributed by atoms with Crippen LogP contribution in [0.3, 0.4) is 0 Å². The third-order valence-corrected chi connectivity index (χ3v) is 4.05. The molecule has 1 fully saturated rings. The van der Waals surface area contributed by atoms with E-state index in [0.29, 0.717) is 31.1 Å². The van der Waals surface area contributed by atoms with Crippen LogP contribution in [0.1, 0.15) is 40.0 Å². The van der Waals surface area contributed by atoms with Crippen LogP contribution in [-0.2, 0) is 14.2 Å². The number of alkyl carbamates (subject to hydrolysis) is 1. The van der Waals surface area contributed by atoms with Crippen molar-refractivity contribution >= 4 is 6.09 Å². The average Bonchev–Trinajstić information content (AvgIpc) is 2.50. The van der Waals surface area contributed by atoms with Crippen LogP contribution in [0.15, 0.2) is 36.4 Å². The molecule has 1 N–H and O–H groups in total. The van der Waals surface area contributed by atoms with Crippen LogP contribution in [0.5, 0.6) is 0 Å². The van der Waals surface area contributed by atoms with Gasteiger partial charge in [-0.05, 0) is 37.7 Å². The Morgan fingerprint density at radius 3 is 2.48 bits per heavy atom. The summed E-state index contributed by atoms with van der Waals surface area (Å²) < 4.78 is 29.2. The number of hydrogen-bond acceptors (Lipinski definition) is 4. The first kappa shape index (κ1) is 21.2. The van der Waals surface area contributed by atoms with E-state index in [-0.39, 0.29) is 18.1 Å². The molecule has 0 atom stereocenters. The molecule has 0 unspecified atom stereocenters. The minimum absolute atomic E-state index is 0.138. The highest BCUT2D eigenvalue weighted by Gasteiger charge is 2.35. The fraction of sp³-hybridized carbons (Fsp3) is 0.632. The molecule has 1 amide bonds. The summed E-state index contributed by atoms with van der Waals surface area (Å²) in [6.45, 7) is 14.2. The largest absolute Gasteiger partial charge is 0.491 e. The first-order valence-electron chi connectivity index (χ1n) is 8.66. The van der Waals surface area contributed by atoms with Gasteiger partial charge in [0.1, 0.15) is 23.8 Å². The van der Waals surface area contributed by atoms with Gasteiger partial charge in [-0.25, -0.2) is 9.18 Å². The third kappa shape index (κ3) is 8.20. The predicted molar refractivity (Wildman–Crippen MR) is 95.8 cm³/mol. The summed E-state index contributed by atoms with van der Waals surface area (Å²) in [5.41, 5.74) is 0.397. The highest BCUT2D eigenvalue weighted by molar-refractivity contribution is 5.67. The van der Waals surface area contributed by atoms with Crippen LogP contribution >= 0.6 is 0 Å². The van der Waals surface area contributed by atoms with Crippen molar-refractivity contribution < 1.29 is 23.4 Å². The maximum atomic E-state index is 13.0. The first-order chi connectivity index (χ1) is 11.7. The summed E-state index contributed by atoms with van der Waals surface area (Å²) in [6.07, 6.45) is 3.74. The van der Waals surface area contributed by atoms with Crippen molar-refractivity contribution in [2.45, 2.75) is 45.6 Å². The second-order valence-electron chi connectivity index (χ2n) is 6.72. The highest BCUT2D eigenvalue weighted by atomic mass is 19.1. The van der Waals surface area contributed by atoms with Crippen molar-refractivity contribution in [3.05, 3.63) is 36.4 Å². The minimum atomic E-state index is -0.583. The monoisotopic (exact) mass is 355 g/mol. The molecule has 0 radical (unpaired) electrons. The maximum absolute atomic E-state index is 13.0. The lowest BCUT2D eigenvalue weighted by molar-refractivity contribution is -0.0329. The smallest absolute Gasteiger partial charge is 0.407 e. The third-order valence-electron chi connectivity index (χ3n) is 4.05. The molecule has 1 aliphatic rings. The number of allylic oxidation sites excluding steroid dienone is 3. The summed E-state index contributed by atoms with van der Waals surface area (Å²) in [5.74, 6) is -0.0682. The molecule has 0 spiro atoms. The van der Waals surface area contributed by atoms with E-state index in [1.54, 1.807) is 0 Å². The van der Waals surface area contributed by atoms with E-state index in [2.05, 4.69) is 18.5 Å². The summed E-state index contributed by atoms with van der Waals surface area (Å²) >= 11 is 0. The second kappa shape index (κ2) is 10.2. The topological polar surface area (TPSA) is 56.8 Å². The molecule has 6 heteroatoms. The van der Waals surface area contributed by atoms with E-state index in [1.807, 2.05) is 20.8 Å². The van der Waals surface area contributed by atoms with Crippen LogP contribution in [0.4, 0.5) is 9.18 Å². The van der Waals surface area contributed by atoms with E-state index in [9.17, 15) is 9.18 Å². The van der Waals surface area contributed by atoms with Crippen molar-refractivity contribution in [2.24, 2.45) is 5.92 Å². The molecule has 0 aromatic heterocycles. The number of halogens is 1. The highest BCUT2D eigenvalue weighted by Crippen LogP contribution is 2.34. The van der Waals surface area contributed by atoms with E-state index in [0.717, 1.165) is 19.3 Å². The summed E-state index contributed by atoms with van der Waals surface area (Å²) in [5, 5.41) is 2.65. The van der Waals surface area contributed by atoms with E-state index < -0.39 is 11.9 Å². The standard InChI is InChI=1S/C19H30FNO4/c1-14(2)16(4)17(13-15(3)20)24-12-11-23-10-9-21-18(22)25-19(5)7-6-8-19/h13-14H,3-4,6-12H2,1-2,5H3,(H,21,22)/b17-13+. The zero-order valence-corrected chi connectivity index (χ0v) is 15.5. The van der Waals surface area contributed by atoms with Gasteiger partial charge in [0.25, 0.3) is 0 Å². The molecule has 0 bridgehead atoms. The Morgan fingerprint density at radius 2 is 1.96 bits per heavy atom. The van der Waals surface area contributed by atoms with E-state index in [4.69, 9.17) is 14.2 Å². The molecule has 0 aromatic carbocycles. The summed E-state index contributed by atoms with van der Waals surface area (Å²) in [7, 11) is 0.